The summed E-state index contributed by atoms with van der Waals surface area (Å²) in [5.74, 6) is 0.496. The van der Waals surface area contributed by atoms with E-state index in [2.05, 4.69) is 0 Å². The maximum atomic E-state index is 11.8. The van der Waals surface area contributed by atoms with Gasteiger partial charge in [-0.25, -0.2) is 4.79 Å². The molecule has 0 amide bonds. The van der Waals surface area contributed by atoms with Gasteiger partial charge in [-0.1, -0.05) is 13.3 Å². The molecule has 5 heteroatoms. The van der Waals surface area contributed by atoms with Crippen molar-refractivity contribution in [2.45, 2.75) is 19.8 Å². The van der Waals surface area contributed by atoms with Crippen LogP contribution in [-0.2, 0) is 4.74 Å². The lowest BCUT2D eigenvalue weighted by atomic mass is 10.1. The number of anilines is 1. The number of benzene rings is 1. The van der Waals surface area contributed by atoms with Crippen LogP contribution in [0.5, 0.6) is 11.5 Å². The van der Waals surface area contributed by atoms with Crippen LogP contribution in [0.4, 0.5) is 5.69 Å². The van der Waals surface area contributed by atoms with Crippen LogP contribution in [0.3, 0.4) is 0 Å². The molecule has 0 fully saturated rings. The van der Waals surface area contributed by atoms with Gasteiger partial charge in [-0.2, -0.15) is 0 Å². The Morgan fingerprint density at radius 1 is 1.22 bits per heavy atom. The van der Waals surface area contributed by atoms with Gasteiger partial charge in [-0.05, 0) is 6.42 Å². The number of unbranched alkanes of at least 4 members (excludes halogenated alkanes) is 1. The lowest BCUT2D eigenvalue weighted by Crippen LogP contribution is -2.10. The minimum absolute atomic E-state index is 0.295. The summed E-state index contributed by atoms with van der Waals surface area (Å²) >= 11 is 0. The number of carbonyl (C=O) groups excluding carboxylic acids is 1. The van der Waals surface area contributed by atoms with Gasteiger partial charge in [0.2, 0.25) is 0 Å². The van der Waals surface area contributed by atoms with Crippen LogP contribution in [0.1, 0.15) is 30.1 Å². The second-order valence-corrected chi connectivity index (χ2v) is 3.78. The predicted molar refractivity (Wildman–Crippen MR) is 69.1 cm³/mol. The number of carbonyl (C=O) groups is 1. The molecule has 5 nitrogen and oxygen atoms in total. The average Bonchev–Trinajstić information content (AvgIpc) is 2.38. The zero-order chi connectivity index (χ0) is 13.5. The first-order chi connectivity index (χ1) is 8.63. The molecule has 0 aromatic heterocycles. The molecule has 0 bridgehead atoms. The van der Waals surface area contributed by atoms with Gasteiger partial charge in [0.05, 0.1) is 32.1 Å². The fraction of sp³-hybridized carbons (Fsp3) is 0.462. The van der Waals surface area contributed by atoms with Crippen molar-refractivity contribution in [2.75, 3.05) is 26.6 Å². The lowest BCUT2D eigenvalue weighted by molar-refractivity contribution is 0.0500. The van der Waals surface area contributed by atoms with Crippen molar-refractivity contribution in [3.8, 4) is 11.5 Å². The zero-order valence-electron chi connectivity index (χ0n) is 11.0. The summed E-state index contributed by atoms with van der Waals surface area (Å²) in [6.07, 6.45) is 1.80. The van der Waals surface area contributed by atoms with Gasteiger partial charge in [0.25, 0.3) is 0 Å². The molecule has 0 aliphatic rings. The molecule has 0 radical (unpaired) electrons. The Kier molecular flexibility index (Phi) is 5.30. The van der Waals surface area contributed by atoms with E-state index in [0.717, 1.165) is 12.8 Å². The summed E-state index contributed by atoms with van der Waals surface area (Å²) in [4.78, 5) is 11.8. The molecule has 0 aliphatic carbocycles. The fourth-order valence-corrected chi connectivity index (χ4v) is 1.46. The lowest BCUT2D eigenvalue weighted by Gasteiger charge is -2.12. The minimum atomic E-state index is -0.443. The van der Waals surface area contributed by atoms with Crippen molar-refractivity contribution >= 4 is 11.7 Å². The quantitative estimate of drug-likeness (QED) is 0.478. The maximum Gasteiger partial charge on any atom is 0.340 e. The molecular weight excluding hydrogens is 234 g/mol. The Hall–Kier alpha value is -1.91. The maximum absolute atomic E-state index is 11.8. The van der Waals surface area contributed by atoms with E-state index in [1.54, 1.807) is 6.07 Å². The van der Waals surface area contributed by atoms with E-state index in [0.29, 0.717) is 29.4 Å². The van der Waals surface area contributed by atoms with Gasteiger partial charge in [0.15, 0.2) is 11.5 Å². The molecule has 0 unspecified atom stereocenters. The largest absolute Gasteiger partial charge is 0.493 e. The first kappa shape index (κ1) is 14.2. The van der Waals surface area contributed by atoms with Crippen molar-refractivity contribution in [1.29, 1.82) is 0 Å². The van der Waals surface area contributed by atoms with E-state index < -0.39 is 5.97 Å². The van der Waals surface area contributed by atoms with E-state index in [-0.39, 0.29) is 0 Å². The summed E-state index contributed by atoms with van der Waals surface area (Å²) in [6, 6.07) is 3.08. The highest BCUT2D eigenvalue weighted by Crippen LogP contribution is 2.32. The van der Waals surface area contributed by atoms with Crippen LogP contribution in [0, 0.1) is 0 Å². The van der Waals surface area contributed by atoms with Crippen LogP contribution in [0.2, 0.25) is 0 Å². The first-order valence-electron chi connectivity index (χ1n) is 5.82. The topological polar surface area (TPSA) is 70.8 Å². The van der Waals surface area contributed by atoms with Gasteiger partial charge in [0.1, 0.15) is 0 Å². The summed E-state index contributed by atoms with van der Waals surface area (Å²) < 4.78 is 15.3. The van der Waals surface area contributed by atoms with E-state index >= 15 is 0 Å². The monoisotopic (exact) mass is 253 g/mol. The summed E-state index contributed by atoms with van der Waals surface area (Å²) in [5, 5.41) is 0. The van der Waals surface area contributed by atoms with Gasteiger partial charge >= 0.3 is 5.97 Å². The molecule has 1 aromatic carbocycles. The van der Waals surface area contributed by atoms with Crippen LogP contribution < -0.4 is 15.2 Å². The second kappa shape index (κ2) is 6.74. The molecule has 0 spiro atoms. The molecule has 0 saturated carbocycles. The third-order valence-corrected chi connectivity index (χ3v) is 2.51. The normalized spacial score (nSPS) is 9.94. The molecule has 0 heterocycles. The highest BCUT2D eigenvalue weighted by molar-refractivity contribution is 5.96. The molecule has 0 atom stereocenters. The Morgan fingerprint density at radius 2 is 1.83 bits per heavy atom. The number of nitrogen functional groups attached to an aromatic ring is 1. The predicted octanol–water partition coefficient (Wildman–Crippen LogP) is 2.24. The number of methoxy groups -OCH3 is 2. The Bertz CT molecular complexity index is 418. The fourth-order valence-electron chi connectivity index (χ4n) is 1.46. The van der Waals surface area contributed by atoms with E-state index in [1.165, 1.54) is 20.3 Å². The Balaban J connectivity index is 2.91. The highest BCUT2D eigenvalue weighted by Gasteiger charge is 2.16. The van der Waals surface area contributed by atoms with Gasteiger partial charge in [-0.3, -0.25) is 0 Å². The average molecular weight is 253 g/mol. The summed E-state index contributed by atoms with van der Waals surface area (Å²) in [6.45, 7) is 2.42. The number of hydrogen-bond donors (Lipinski definition) is 1. The number of ether oxygens (including phenoxy) is 3. The Morgan fingerprint density at radius 3 is 2.39 bits per heavy atom. The molecule has 0 aliphatic heterocycles. The van der Waals surface area contributed by atoms with Gasteiger partial charge in [-0.15, -0.1) is 0 Å². The molecule has 1 rings (SSSR count). The smallest absolute Gasteiger partial charge is 0.340 e. The van der Waals surface area contributed by atoms with Crippen LogP contribution in [0.15, 0.2) is 12.1 Å². The van der Waals surface area contributed by atoms with Crippen molar-refractivity contribution in [3.63, 3.8) is 0 Å². The SMILES string of the molecule is CCCCOC(=O)c1cc(OC)c(OC)cc1N. The zero-order valence-corrected chi connectivity index (χ0v) is 11.0. The third kappa shape index (κ3) is 3.29. The number of nitrogens with two attached hydrogens (primary N) is 1. The number of rotatable bonds is 6. The number of hydrogen-bond acceptors (Lipinski definition) is 5. The van der Waals surface area contributed by atoms with Crippen molar-refractivity contribution in [2.24, 2.45) is 0 Å². The van der Waals surface area contributed by atoms with Crippen molar-refractivity contribution in [3.05, 3.63) is 17.7 Å². The van der Waals surface area contributed by atoms with E-state index in [1.807, 2.05) is 6.92 Å². The Labute approximate surface area is 107 Å². The van der Waals surface area contributed by atoms with Crippen molar-refractivity contribution in [1.82, 2.24) is 0 Å². The minimum Gasteiger partial charge on any atom is -0.493 e. The standard InChI is InChI=1S/C13H19NO4/c1-4-5-6-18-13(15)9-7-11(16-2)12(17-3)8-10(9)14/h7-8H,4-6,14H2,1-3H3. The van der Waals surface area contributed by atoms with E-state index in [9.17, 15) is 4.79 Å². The first-order valence-corrected chi connectivity index (χ1v) is 5.82. The molecular formula is C13H19NO4. The summed E-state index contributed by atoms with van der Waals surface area (Å²) in [5.41, 5.74) is 6.40. The molecule has 18 heavy (non-hydrogen) atoms. The molecule has 100 valence electrons. The van der Waals surface area contributed by atoms with E-state index in [4.69, 9.17) is 19.9 Å². The summed E-state index contributed by atoms with van der Waals surface area (Å²) in [7, 11) is 3.01. The molecule has 2 N–H and O–H groups in total. The third-order valence-electron chi connectivity index (χ3n) is 2.51. The van der Waals surface area contributed by atoms with Crippen LogP contribution in [-0.4, -0.2) is 26.8 Å². The molecule has 1 aromatic rings. The van der Waals surface area contributed by atoms with Crippen LogP contribution >= 0.6 is 0 Å². The van der Waals surface area contributed by atoms with Crippen LogP contribution in [0.25, 0.3) is 0 Å². The second-order valence-electron chi connectivity index (χ2n) is 3.78. The highest BCUT2D eigenvalue weighted by atomic mass is 16.5. The van der Waals surface area contributed by atoms with Crippen molar-refractivity contribution < 1.29 is 19.0 Å². The number of esters is 1. The molecule has 0 saturated heterocycles. The van der Waals surface area contributed by atoms with Gasteiger partial charge in [0, 0.05) is 12.1 Å². The van der Waals surface area contributed by atoms with Gasteiger partial charge < -0.3 is 19.9 Å².